The van der Waals surface area contributed by atoms with Crippen molar-refractivity contribution in [1.29, 1.82) is 0 Å². The first-order chi connectivity index (χ1) is 15.1. The Labute approximate surface area is 187 Å². The molecular weight excluding hydrogens is 404 g/mol. The topological polar surface area (TPSA) is 87.5 Å². The van der Waals surface area contributed by atoms with Gasteiger partial charge >= 0.3 is 5.97 Å². The number of benzene rings is 2. The van der Waals surface area contributed by atoms with Crippen LogP contribution in [0.1, 0.15) is 54.7 Å². The number of nitrogens with zero attached hydrogens (tertiary/aromatic N) is 3. The number of fused-ring (bicyclic) bond motifs is 1. The molecule has 7 heteroatoms. The quantitative estimate of drug-likeness (QED) is 0.621. The third kappa shape index (κ3) is 3.95. The summed E-state index contributed by atoms with van der Waals surface area (Å²) in [5.41, 5.74) is 3.34. The van der Waals surface area contributed by atoms with E-state index in [1.165, 1.54) is 0 Å². The molecule has 1 fully saturated rings. The maximum absolute atomic E-state index is 13.3. The zero-order chi connectivity index (χ0) is 23.2. The van der Waals surface area contributed by atoms with Gasteiger partial charge in [-0.05, 0) is 49.4 Å². The van der Waals surface area contributed by atoms with Crippen molar-refractivity contribution in [3.05, 3.63) is 63.4 Å². The number of carboxylic acids is 1. The molecular formula is C25H30N4O3. The Balaban J connectivity index is 1.83. The lowest BCUT2D eigenvalue weighted by molar-refractivity contribution is 0.0698. The lowest BCUT2D eigenvalue weighted by Crippen LogP contribution is -2.31. The van der Waals surface area contributed by atoms with Crippen LogP contribution in [-0.4, -0.2) is 33.7 Å². The summed E-state index contributed by atoms with van der Waals surface area (Å²) in [5.74, 6) is -0.309. The molecule has 1 atom stereocenters. The third-order valence-electron chi connectivity index (χ3n) is 6.29. The molecule has 1 aromatic heterocycles. The van der Waals surface area contributed by atoms with Gasteiger partial charge in [-0.15, -0.1) is 0 Å². The van der Waals surface area contributed by atoms with Gasteiger partial charge in [0.1, 0.15) is 0 Å². The van der Waals surface area contributed by atoms with Crippen LogP contribution in [0, 0.1) is 12.3 Å². The van der Waals surface area contributed by atoms with Crippen LogP contribution in [0.5, 0.6) is 0 Å². The molecule has 168 valence electrons. The largest absolute Gasteiger partial charge is 0.478 e. The van der Waals surface area contributed by atoms with E-state index in [4.69, 9.17) is 4.98 Å². The fraction of sp³-hybridized carbons (Fsp3) is 0.400. The van der Waals surface area contributed by atoms with Crippen molar-refractivity contribution in [1.82, 2.24) is 9.55 Å². The zero-order valence-electron chi connectivity index (χ0n) is 19.3. The lowest BCUT2D eigenvalue weighted by atomic mass is 9.93. The Kier molecular flexibility index (Phi) is 5.44. The minimum atomic E-state index is -0.986. The highest BCUT2D eigenvalue weighted by Gasteiger charge is 2.31. The summed E-state index contributed by atoms with van der Waals surface area (Å²) in [7, 11) is 1.78. The summed E-state index contributed by atoms with van der Waals surface area (Å²) in [5, 5.41) is 13.4. The van der Waals surface area contributed by atoms with E-state index in [-0.39, 0.29) is 22.6 Å². The van der Waals surface area contributed by atoms with Crippen molar-refractivity contribution >= 4 is 28.5 Å². The zero-order valence-corrected chi connectivity index (χ0v) is 19.3. The summed E-state index contributed by atoms with van der Waals surface area (Å²) in [6.45, 7) is 10.1. The van der Waals surface area contributed by atoms with E-state index in [1.54, 1.807) is 35.9 Å². The van der Waals surface area contributed by atoms with Gasteiger partial charge in [0.25, 0.3) is 5.56 Å². The normalized spacial score (nSPS) is 16.3. The minimum absolute atomic E-state index is 0.0715. The molecule has 0 aliphatic carbocycles. The highest BCUT2D eigenvalue weighted by atomic mass is 16.4. The van der Waals surface area contributed by atoms with E-state index < -0.39 is 5.97 Å². The van der Waals surface area contributed by atoms with Crippen molar-refractivity contribution < 1.29 is 9.90 Å². The summed E-state index contributed by atoms with van der Waals surface area (Å²) >= 11 is 0. The molecule has 0 radical (unpaired) electrons. The van der Waals surface area contributed by atoms with E-state index in [1.807, 2.05) is 26.0 Å². The molecule has 0 amide bonds. The SMILES string of the molecule is Cc1cc([C@@H](C)Nc2ccccc2C(=O)O)c2nc(N3CCC(C)(C)C3)n(C)c(=O)c2c1. The molecule has 1 aliphatic rings. The smallest absolute Gasteiger partial charge is 0.337 e. The standard InChI is InChI=1S/C25H30N4O3/c1-15-12-18(16(2)26-20-9-7-6-8-17(20)23(31)32)21-19(13-15)22(30)28(5)24(27-21)29-11-10-25(3,4)14-29/h6-9,12-13,16,26H,10-11,14H2,1-5H3,(H,31,32)/t16-/m1/s1. The Morgan fingerprint density at radius 1 is 1.25 bits per heavy atom. The Morgan fingerprint density at radius 2 is 1.97 bits per heavy atom. The van der Waals surface area contributed by atoms with Gasteiger partial charge in [0.15, 0.2) is 0 Å². The highest BCUT2D eigenvalue weighted by molar-refractivity contribution is 5.94. The Hall–Kier alpha value is -3.35. The van der Waals surface area contributed by atoms with Crippen LogP contribution in [0.25, 0.3) is 10.9 Å². The van der Waals surface area contributed by atoms with Gasteiger partial charge in [0, 0.05) is 31.4 Å². The molecule has 3 aromatic rings. The van der Waals surface area contributed by atoms with E-state index >= 15 is 0 Å². The molecule has 2 N–H and O–H groups in total. The van der Waals surface area contributed by atoms with E-state index in [2.05, 4.69) is 24.1 Å². The van der Waals surface area contributed by atoms with Crippen LogP contribution in [0.4, 0.5) is 11.6 Å². The third-order valence-corrected chi connectivity index (χ3v) is 6.29. The van der Waals surface area contributed by atoms with Gasteiger partial charge < -0.3 is 15.3 Å². The second kappa shape index (κ2) is 7.97. The van der Waals surface area contributed by atoms with E-state index in [9.17, 15) is 14.7 Å². The number of anilines is 2. The average Bonchev–Trinajstić information content (AvgIpc) is 3.10. The van der Waals surface area contributed by atoms with Crippen LogP contribution >= 0.6 is 0 Å². The summed E-state index contributed by atoms with van der Waals surface area (Å²) in [4.78, 5) is 32.1. The second-order valence-electron chi connectivity index (χ2n) is 9.58. The van der Waals surface area contributed by atoms with Gasteiger partial charge in [-0.1, -0.05) is 32.0 Å². The van der Waals surface area contributed by atoms with E-state index in [0.717, 1.165) is 30.6 Å². The first kappa shape index (κ1) is 21.9. The highest BCUT2D eigenvalue weighted by Crippen LogP contribution is 2.33. The number of carbonyl (C=O) groups is 1. The first-order valence-corrected chi connectivity index (χ1v) is 10.9. The Morgan fingerprint density at radius 3 is 2.62 bits per heavy atom. The van der Waals surface area contributed by atoms with Crippen LogP contribution in [0.3, 0.4) is 0 Å². The molecule has 7 nitrogen and oxygen atoms in total. The monoisotopic (exact) mass is 434 g/mol. The lowest BCUT2D eigenvalue weighted by Gasteiger charge is -2.24. The predicted molar refractivity (Wildman–Crippen MR) is 128 cm³/mol. The fourth-order valence-corrected chi connectivity index (χ4v) is 4.54. The van der Waals surface area contributed by atoms with Crippen molar-refractivity contribution in [2.24, 2.45) is 12.5 Å². The van der Waals surface area contributed by atoms with Crippen molar-refractivity contribution in [3.63, 3.8) is 0 Å². The van der Waals surface area contributed by atoms with Gasteiger partial charge in [0.05, 0.1) is 22.5 Å². The minimum Gasteiger partial charge on any atom is -0.478 e. The van der Waals surface area contributed by atoms with Gasteiger partial charge in [0.2, 0.25) is 5.95 Å². The molecule has 1 saturated heterocycles. The number of hydrogen-bond acceptors (Lipinski definition) is 5. The first-order valence-electron chi connectivity index (χ1n) is 10.9. The van der Waals surface area contributed by atoms with Crippen LogP contribution in [0.15, 0.2) is 41.2 Å². The van der Waals surface area contributed by atoms with Crippen LogP contribution < -0.4 is 15.8 Å². The number of carboxylic acid groups (broad SMARTS) is 1. The molecule has 4 rings (SSSR count). The molecule has 1 aliphatic heterocycles. The Bertz CT molecular complexity index is 1260. The summed E-state index contributed by atoms with van der Waals surface area (Å²) < 4.78 is 1.64. The number of aromatic carboxylic acids is 1. The number of aromatic nitrogens is 2. The molecule has 2 heterocycles. The van der Waals surface area contributed by atoms with Gasteiger partial charge in [-0.3, -0.25) is 9.36 Å². The predicted octanol–water partition coefficient (Wildman–Crippen LogP) is 4.35. The van der Waals surface area contributed by atoms with Crippen molar-refractivity contribution in [2.45, 2.75) is 40.2 Å². The summed E-state index contributed by atoms with van der Waals surface area (Å²) in [6, 6.07) is 10.5. The number of nitrogens with one attached hydrogen (secondary N) is 1. The molecule has 2 aromatic carbocycles. The van der Waals surface area contributed by atoms with Crippen molar-refractivity contribution in [3.8, 4) is 0 Å². The van der Waals surface area contributed by atoms with E-state index in [0.29, 0.717) is 22.5 Å². The van der Waals surface area contributed by atoms with Crippen LogP contribution in [0.2, 0.25) is 0 Å². The average molecular weight is 435 g/mol. The van der Waals surface area contributed by atoms with Gasteiger partial charge in [-0.25, -0.2) is 9.78 Å². The maximum atomic E-state index is 13.3. The molecule has 0 spiro atoms. The molecule has 0 unspecified atom stereocenters. The molecule has 0 bridgehead atoms. The van der Waals surface area contributed by atoms with Gasteiger partial charge in [-0.2, -0.15) is 0 Å². The van der Waals surface area contributed by atoms with Crippen LogP contribution in [-0.2, 0) is 7.05 Å². The fourth-order valence-electron chi connectivity index (χ4n) is 4.54. The molecule has 0 saturated carbocycles. The number of rotatable bonds is 5. The number of para-hydroxylation sites is 1. The second-order valence-corrected chi connectivity index (χ2v) is 9.58. The number of hydrogen-bond donors (Lipinski definition) is 2. The molecule has 32 heavy (non-hydrogen) atoms. The number of aryl methyl sites for hydroxylation is 1. The maximum Gasteiger partial charge on any atom is 0.337 e. The summed E-state index contributed by atoms with van der Waals surface area (Å²) in [6.07, 6.45) is 1.05. The van der Waals surface area contributed by atoms with Crippen molar-refractivity contribution in [2.75, 3.05) is 23.3 Å².